The van der Waals surface area contributed by atoms with Crippen molar-refractivity contribution >= 4 is 0 Å². The van der Waals surface area contributed by atoms with Crippen LogP contribution in [0.3, 0.4) is 0 Å². The summed E-state index contributed by atoms with van der Waals surface area (Å²) in [6.07, 6.45) is 1.40. The lowest BCUT2D eigenvalue weighted by atomic mass is 9.99. The monoisotopic (exact) mass is 237 g/mol. The van der Waals surface area contributed by atoms with Gasteiger partial charge in [-0.25, -0.2) is 4.39 Å². The molecule has 0 bridgehead atoms. The van der Waals surface area contributed by atoms with Crippen LogP contribution in [0.25, 0.3) is 0 Å². The Morgan fingerprint density at radius 1 is 1.41 bits per heavy atom. The van der Waals surface area contributed by atoms with E-state index in [1.54, 1.807) is 19.1 Å². The zero-order chi connectivity index (χ0) is 12.1. The van der Waals surface area contributed by atoms with E-state index in [1.807, 2.05) is 12.1 Å². The first-order valence-corrected chi connectivity index (χ1v) is 6.33. The van der Waals surface area contributed by atoms with Crippen molar-refractivity contribution in [2.45, 2.75) is 25.9 Å². The molecule has 0 saturated carbocycles. The van der Waals surface area contributed by atoms with Gasteiger partial charge in [-0.2, -0.15) is 0 Å². The van der Waals surface area contributed by atoms with E-state index in [9.17, 15) is 4.39 Å². The Labute approximate surface area is 102 Å². The van der Waals surface area contributed by atoms with E-state index in [0.29, 0.717) is 11.5 Å². The molecule has 1 aliphatic rings. The zero-order valence-corrected chi connectivity index (χ0v) is 10.3. The Balaban J connectivity index is 1.87. The van der Waals surface area contributed by atoms with Gasteiger partial charge in [0, 0.05) is 0 Å². The lowest BCUT2D eigenvalue weighted by Gasteiger charge is -2.22. The number of piperidine rings is 1. The summed E-state index contributed by atoms with van der Waals surface area (Å²) in [4.78, 5) is 0. The number of nitrogens with one attached hydrogen (secondary N) is 1. The first-order chi connectivity index (χ1) is 8.25. The molecule has 1 aliphatic heterocycles. The molecule has 1 atom stereocenters. The Bertz CT molecular complexity index is 348. The number of hydrogen-bond acceptors (Lipinski definition) is 2. The molecule has 0 aromatic heterocycles. The average Bonchev–Trinajstić information content (AvgIpc) is 2.38. The van der Waals surface area contributed by atoms with E-state index in [0.717, 1.165) is 25.4 Å². The number of ether oxygens (including phenoxy) is 1. The van der Waals surface area contributed by atoms with Gasteiger partial charge < -0.3 is 10.1 Å². The molecule has 3 heteroatoms. The second-order valence-corrected chi connectivity index (χ2v) is 4.69. The minimum absolute atomic E-state index is 0.628. The van der Waals surface area contributed by atoms with Crippen molar-refractivity contribution in [1.29, 1.82) is 0 Å². The van der Waals surface area contributed by atoms with Crippen molar-refractivity contribution in [2.24, 2.45) is 5.92 Å². The predicted molar refractivity (Wildman–Crippen MR) is 67.1 cm³/mol. The van der Waals surface area contributed by atoms with Crippen molar-refractivity contribution in [2.75, 3.05) is 19.7 Å². The molecule has 2 rings (SSSR count). The summed E-state index contributed by atoms with van der Waals surface area (Å²) < 4.78 is 18.9. The fourth-order valence-electron chi connectivity index (χ4n) is 2.11. The summed E-state index contributed by atoms with van der Waals surface area (Å²) in [6.45, 7) is 4.45. The van der Waals surface area contributed by atoms with Crippen molar-refractivity contribution < 1.29 is 9.13 Å². The van der Waals surface area contributed by atoms with Crippen LogP contribution in [0.1, 0.15) is 31.5 Å². The Hall–Kier alpha value is -1.09. The highest BCUT2D eigenvalue weighted by atomic mass is 19.1. The SMILES string of the molecule is CC(F)c1cccc(OCC2CCNCC2)c1. The molecule has 2 nitrogen and oxygen atoms in total. The number of halogens is 1. The van der Waals surface area contributed by atoms with Crippen LogP contribution in [-0.2, 0) is 0 Å². The third-order valence-electron chi connectivity index (χ3n) is 3.26. The van der Waals surface area contributed by atoms with Crippen LogP contribution >= 0.6 is 0 Å². The highest BCUT2D eigenvalue weighted by Gasteiger charge is 2.13. The summed E-state index contributed by atoms with van der Waals surface area (Å²) in [5.74, 6) is 1.41. The Kier molecular flexibility index (Phi) is 4.37. The van der Waals surface area contributed by atoms with E-state index >= 15 is 0 Å². The fraction of sp³-hybridized carbons (Fsp3) is 0.571. The van der Waals surface area contributed by atoms with Gasteiger partial charge in [0.05, 0.1) is 6.61 Å². The first-order valence-electron chi connectivity index (χ1n) is 6.33. The molecule has 0 aliphatic carbocycles. The second-order valence-electron chi connectivity index (χ2n) is 4.69. The molecule has 0 radical (unpaired) electrons. The fourth-order valence-corrected chi connectivity index (χ4v) is 2.11. The van der Waals surface area contributed by atoms with E-state index < -0.39 is 6.17 Å². The molecule has 1 aromatic rings. The van der Waals surface area contributed by atoms with E-state index in [2.05, 4.69) is 5.32 Å². The quantitative estimate of drug-likeness (QED) is 0.868. The molecule has 1 fully saturated rings. The van der Waals surface area contributed by atoms with Gasteiger partial charge >= 0.3 is 0 Å². The number of alkyl halides is 1. The van der Waals surface area contributed by atoms with E-state index in [1.165, 1.54) is 12.8 Å². The highest BCUT2D eigenvalue weighted by molar-refractivity contribution is 5.29. The van der Waals surface area contributed by atoms with Crippen LogP contribution in [-0.4, -0.2) is 19.7 Å². The van der Waals surface area contributed by atoms with E-state index in [-0.39, 0.29) is 0 Å². The second kappa shape index (κ2) is 6.01. The molecule has 0 spiro atoms. The molecular formula is C14H20FNO. The van der Waals surface area contributed by atoms with Gasteiger partial charge in [0.15, 0.2) is 0 Å². The summed E-state index contributed by atoms with van der Waals surface area (Å²) >= 11 is 0. The van der Waals surface area contributed by atoms with Gasteiger partial charge in [-0.3, -0.25) is 0 Å². The van der Waals surface area contributed by atoms with Crippen molar-refractivity contribution in [3.8, 4) is 5.75 Å². The first kappa shape index (κ1) is 12.4. The topological polar surface area (TPSA) is 21.3 Å². The number of hydrogen-bond donors (Lipinski definition) is 1. The van der Waals surface area contributed by atoms with Crippen molar-refractivity contribution in [3.63, 3.8) is 0 Å². The molecule has 1 unspecified atom stereocenters. The number of rotatable bonds is 4. The van der Waals surface area contributed by atoms with Crippen LogP contribution in [0, 0.1) is 5.92 Å². The third kappa shape index (κ3) is 3.70. The van der Waals surface area contributed by atoms with Gasteiger partial charge in [-0.05, 0) is 56.5 Å². The molecular weight excluding hydrogens is 217 g/mol. The Morgan fingerprint density at radius 2 is 2.18 bits per heavy atom. The maximum absolute atomic E-state index is 13.1. The molecule has 1 saturated heterocycles. The van der Waals surface area contributed by atoms with E-state index in [4.69, 9.17) is 4.74 Å². The average molecular weight is 237 g/mol. The minimum atomic E-state index is -0.933. The molecule has 1 heterocycles. The Morgan fingerprint density at radius 3 is 2.88 bits per heavy atom. The standard InChI is InChI=1S/C14H20FNO/c1-11(15)13-3-2-4-14(9-13)17-10-12-5-7-16-8-6-12/h2-4,9,11-12,16H,5-8,10H2,1H3. The molecule has 0 amide bonds. The molecule has 17 heavy (non-hydrogen) atoms. The van der Waals surface area contributed by atoms with Gasteiger partial charge in [0.2, 0.25) is 0 Å². The minimum Gasteiger partial charge on any atom is -0.493 e. The maximum atomic E-state index is 13.1. The van der Waals surface area contributed by atoms with Crippen molar-refractivity contribution in [3.05, 3.63) is 29.8 Å². The van der Waals surface area contributed by atoms with Crippen LogP contribution in [0.2, 0.25) is 0 Å². The highest BCUT2D eigenvalue weighted by Crippen LogP contribution is 2.22. The predicted octanol–water partition coefficient (Wildman–Crippen LogP) is 3.10. The van der Waals surface area contributed by atoms with Crippen LogP contribution in [0.4, 0.5) is 4.39 Å². The molecule has 1 aromatic carbocycles. The van der Waals surface area contributed by atoms with Crippen LogP contribution in [0.15, 0.2) is 24.3 Å². The summed E-state index contributed by atoms with van der Waals surface area (Å²) in [5.41, 5.74) is 0.688. The normalized spacial score (nSPS) is 18.9. The van der Waals surface area contributed by atoms with Gasteiger partial charge in [0.25, 0.3) is 0 Å². The molecule has 1 N–H and O–H groups in total. The van der Waals surface area contributed by atoms with Crippen molar-refractivity contribution in [1.82, 2.24) is 5.32 Å². The summed E-state index contributed by atoms with van der Waals surface area (Å²) in [5, 5.41) is 3.33. The lowest BCUT2D eigenvalue weighted by molar-refractivity contribution is 0.214. The third-order valence-corrected chi connectivity index (χ3v) is 3.26. The summed E-state index contributed by atoms with van der Waals surface area (Å²) in [7, 11) is 0. The maximum Gasteiger partial charge on any atom is 0.122 e. The van der Waals surface area contributed by atoms with Gasteiger partial charge in [-0.1, -0.05) is 12.1 Å². The van der Waals surface area contributed by atoms with Crippen LogP contribution < -0.4 is 10.1 Å². The molecule has 94 valence electrons. The lowest BCUT2D eigenvalue weighted by Crippen LogP contribution is -2.30. The van der Waals surface area contributed by atoms with Gasteiger partial charge in [-0.15, -0.1) is 0 Å². The largest absolute Gasteiger partial charge is 0.493 e. The van der Waals surface area contributed by atoms with Crippen LogP contribution in [0.5, 0.6) is 5.75 Å². The van der Waals surface area contributed by atoms with Gasteiger partial charge in [0.1, 0.15) is 11.9 Å². The summed E-state index contributed by atoms with van der Waals surface area (Å²) in [6, 6.07) is 7.34. The smallest absolute Gasteiger partial charge is 0.122 e. The number of benzene rings is 1. The zero-order valence-electron chi connectivity index (χ0n) is 10.3.